The number of unbranched alkanes of at least 4 members (excludes halogenated alkanes) is 3. The third-order valence-corrected chi connectivity index (χ3v) is 5.50. The normalized spacial score (nSPS) is 17.6. The van der Waals surface area contributed by atoms with Crippen LogP contribution in [-0.2, 0) is 20.9 Å². The molecule has 1 atom stereocenters. The summed E-state index contributed by atoms with van der Waals surface area (Å²) < 4.78 is 10.8. The summed E-state index contributed by atoms with van der Waals surface area (Å²) in [5, 5.41) is 3.42. The number of hydrogen-bond acceptors (Lipinski definition) is 6. The van der Waals surface area contributed by atoms with Crippen LogP contribution in [0.3, 0.4) is 0 Å². The van der Waals surface area contributed by atoms with Crippen molar-refractivity contribution in [3.05, 3.63) is 22.7 Å². The van der Waals surface area contributed by atoms with Crippen molar-refractivity contribution in [2.45, 2.75) is 59.0 Å². The number of rotatable bonds is 9. The van der Waals surface area contributed by atoms with E-state index in [1.54, 1.807) is 0 Å². The zero-order valence-corrected chi connectivity index (χ0v) is 17.9. The molecule has 7 nitrogen and oxygen atoms in total. The topological polar surface area (TPSA) is 80.2 Å². The quantitative estimate of drug-likeness (QED) is 0.484. The van der Waals surface area contributed by atoms with E-state index in [0.717, 1.165) is 36.9 Å². The predicted molar refractivity (Wildman–Crippen MR) is 111 cm³/mol. The highest BCUT2D eigenvalue weighted by molar-refractivity contribution is 6.33. The number of aliphatic imine (C=N–C) groups is 1. The molecule has 0 radical (unpaired) electrons. The molecule has 1 aromatic rings. The van der Waals surface area contributed by atoms with Gasteiger partial charge < -0.3 is 14.4 Å². The number of guanidine groups is 1. The minimum Gasteiger partial charge on any atom is -0.492 e. The molecule has 0 bridgehead atoms. The summed E-state index contributed by atoms with van der Waals surface area (Å²) in [6, 6.07) is 3.47. The summed E-state index contributed by atoms with van der Waals surface area (Å²) >= 11 is 6.62. The number of fused-ring (bicyclic) bond motifs is 2. The molecule has 2 heterocycles. The van der Waals surface area contributed by atoms with Gasteiger partial charge in [0.15, 0.2) is 0 Å². The lowest BCUT2D eigenvalue weighted by atomic mass is 10.0. The minimum absolute atomic E-state index is 0.0205. The third-order valence-electron chi connectivity index (χ3n) is 5.08. The fraction of sp³-hybridized carbons (Fsp3) is 0.571. The van der Waals surface area contributed by atoms with Crippen LogP contribution in [0.15, 0.2) is 17.1 Å². The van der Waals surface area contributed by atoms with Crippen LogP contribution in [0.25, 0.3) is 0 Å². The van der Waals surface area contributed by atoms with E-state index < -0.39 is 0 Å². The molecule has 1 unspecified atom stereocenters. The molecule has 0 aliphatic carbocycles. The van der Waals surface area contributed by atoms with Gasteiger partial charge in [0.1, 0.15) is 11.8 Å². The average molecular weight is 422 g/mol. The molecule has 2 aliphatic heterocycles. The Balaban J connectivity index is 1.55. The predicted octanol–water partition coefficient (Wildman–Crippen LogP) is 3.80. The standard InChI is InChI=1S/C21H28ClN3O4/c1-13(2)19-20(27)24-21-23-16-8-9-17(18(22)15(16)12-25(19)21)29-11-7-5-4-6-10-28-14(3)26/h8-9,13,19H,4-7,10-12H2,1-3H3,(H,23,24,27). The number of nitrogens with one attached hydrogen (secondary N) is 1. The van der Waals surface area contributed by atoms with E-state index in [2.05, 4.69) is 10.3 Å². The van der Waals surface area contributed by atoms with Crippen LogP contribution in [0.2, 0.25) is 5.02 Å². The molecule has 1 N–H and O–H groups in total. The largest absolute Gasteiger partial charge is 0.492 e. The Bertz CT molecular complexity index is 809. The Labute approximate surface area is 176 Å². The zero-order valence-electron chi connectivity index (χ0n) is 17.2. The molecule has 1 saturated heterocycles. The highest BCUT2D eigenvalue weighted by atomic mass is 35.5. The van der Waals surface area contributed by atoms with E-state index in [9.17, 15) is 9.59 Å². The summed E-state index contributed by atoms with van der Waals surface area (Å²) in [6.07, 6.45) is 3.74. The van der Waals surface area contributed by atoms with Gasteiger partial charge in [0.05, 0.1) is 30.5 Å². The zero-order chi connectivity index (χ0) is 21.0. The van der Waals surface area contributed by atoms with Crippen molar-refractivity contribution in [2.75, 3.05) is 13.2 Å². The van der Waals surface area contributed by atoms with Gasteiger partial charge in [-0.2, -0.15) is 0 Å². The lowest BCUT2D eigenvalue weighted by Gasteiger charge is -2.30. The maximum Gasteiger partial charge on any atom is 0.302 e. The molecule has 0 aromatic heterocycles. The number of esters is 1. The first-order chi connectivity index (χ1) is 13.9. The maximum absolute atomic E-state index is 12.3. The van der Waals surface area contributed by atoms with Gasteiger partial charge in [0, 0.05) is 12.5 Å². The highest BCUT2D eigenvalue weighted by Crippen LogP contribution is 2.40. The number of nitrogens with zero attached hydrogens (tertiary/aromatic N) is 2. The second kappa shape index (κ2) is 9.48. The molecule has 0 saturated carbocycles. The van der Waals surface area contributed by atoms with E-state index in [0.29, 0.717) is 36.5 Å². The Kier molecular flexibility index (Phi) is 7.00. The monoisotopic (exact) mass is 421 g/mol. The molecular weight excluding hydrogens is 394 g/mol. The number of ether oxygens (including phenoxy) is 2. The van der Waals surface area contributed by atoms with Crippen LogP contribution in [-0.4, -0.2) is 42.0 Å². The lowest BCUT2D eigenvalue weighted by Crippen LogP contribution is -2.40. The van der Waals surface area contributed by atoms with Crippen LogP contribution in [0.5, 0.6) is 5.75 Å². The summed E-state index contributed by atoms with van der Waals surface area (Å²) in [6.45, 7) is 7.04. The number of amides is 1. The number of hydrogen-bond donors (Lipinski definition) is 1. The van der Waals surface area contributed by atoms with Gasteiger partial charge in [-0.1, -0.05) is 25.4 Å². The summed E-state index contributed by atoms with van der Waals surface area (Å²) in [5.41, 5.74) is 1.65. The second-order valence-electron chi connectivity index (χ2n) is 7.72. The Morgan fingerprint density at radius 2 is 2.00 bits per heavy atom. The molecule has 1 amide bonds. The van der Waals surface area contributed by atoms with E-state index in [1.165, 1.54) is 6.92 Å². The molecule has 158 valence electrons. The van der Waals surface area contributed by atoms with Crippen LogP contribution in [0, 0.1) is 5.92 Å². The molecule has 2 aliphatic rings. The number of benzene rings is 1. The summed E-state index contributed by atoms with van der Waals surface area (Å²) in [5.74, 6) is 1.15. The van der Waals surface area contributed by atoms with Crippen LogP contribution in [0.1, 0.15) is 52.0 Å². The van der Waals surface area contributed by atoms with Gasteiger partial charge in [0.25, 0.3) is 0 Å². The smallest absolute Gasteiger partial charge is 0.302 e. The molecular formula is C21H28ClN3O4. The Morgan fingerprint density at radius 1 is 1.28 bits per heavy atom. The first kappa shape index (κ1) is 21.4. The Morgan fingerprint density at radius 3 is 2.69 bits per heavy atom. The summed E-state index contributed by atoms with van der Waals surface area (Å²) in [4.78, 5) is 29.5. The van der Waals surface area contributed by atoms with Crippen molar-refractivity contribution in [3.8, 4) is 5.75 Å². The van der Waals surface area contributed by atoms with E-state index >= 15 is 0 Å². The number of carbonyl (C=O) groups excluding carboxylic acids is 2. The minimum atomic E-state index is -0.241. The lowest BCUT2D eigenvalue weighted by molar-refractivity contribution is -0.141. The van der Waals surface area contributed by atoms with Crippen LogP contribution < -0.4 is 10.1 Å². The van der Waals surface area contributed by atoms with E-state index in [-0.39, 0.29) is 23.8 Å². The fourth-order valence-corrected chi connectivity index (χ4v) is 3.93. The van der Waals surface area contributed by atoms with Gasteiger partial charge in [0.2, 0.25) is 11.9 Å². The molecule has 1 aromatic carbocycles. The summed E-state index contributed by atoms with van der Waals surface area (Å²) in [7, 11) is 0. The van der Waals surface area contributed by atoms with Gasteiger partial charge >= 0.3 is 5.97 Å². The molecule has 1 fully saturated rings. The number of carbonyl (C=O) groups is 2. The second-order valence-corrected chi connectivity index (χ2v) is 8.10. The highest BCUT2D eigenvalue weighted by Gasteiger charge is 2.41. The van der Waals surface area contributed by atoms with Crippen molar-refractivity contribution in [1.82, 2.24) is 10.2 Å². The van der Waals surface area contributed by atoms with E-state index in [1.807, 2.05) is 30.9 Å². The van der Waals surface area contributed by atoms with Gasteiger partial charge in [-0.25, -0.2) is 4.99 Å². The Hall–Kier alpha value is -2.28. The van der Waals surface area contributed by atoms with Gasteiger partial charge in [-0.15, -0.1) is 0 Å². The van der Waals surface area contributed by atoms with Gasteiger partial charge in [-0.3, -0.25) is 14.9 Å². The van der Waals surface area contributed by atoms with Crippen molar-refractivity contribution < 1.29 is 19.1 Å². The first-order valence-corrected chi connectivity index (χ1v) is 10.5. The van der Waals surface area contributed by atoms with Crippen molar-refractivity contribution >= 4 is 35.1 Å². The molecule has 8 heteroatoms. The van der Waals surface area contributed by atoms with Crippen molar-refractivity contribution in [1.29, 1.82) is 0 Å². The SMILES string of the molecule is CC(=O)OCCCCCCOc1ccc2c(c1Cl)CN1C(=N2)NC(=O)C1C(C)C. The molecule has 29 heavy (non-hydrogen) atoms. The van der Waals surface area contributed by atoms with Crippen molar-refractivity contribution in [2.24, 2.45) is 10.9 Å². The number of halogens is 1. The van der Waals surface area contributed by atoms with Gasteiger partial charge in [-0.05, 0) is 43.7 Å². The van der Waals surface area contributed by atoms with Crippen molar-refractivity contribution in [3.63, 3.8) is 0 Å². The third kappa shape index (κ3) is 5.01. The van der Waals surface area contributed by atoms with Crippen LogP contribution in [0.4, 0.5) is 5.69 Å². The first-order valence-electron chi connectivity index (χ1n) is 10.1. The molecule has 0 spiro atoms. The fourth-order valence-electron chi connectivity index (χ4n) is 3.65. The van der Waals surface area contributed by atoms with E-state index in [4.69, 9.17) is 21.1 Å². The average Bonchev–Trinajstić information content (AvgIpc) is 2.98. The molecule has 3 rings (SSSR count). The van der Waals surface area contributed by atoms with Crippen LogP contribution >= 0.6 is 11.6 Å². The maximum atomic E-state index is 12.3.